The minimum absolute atomic E-state index is 0.0537. The standard InChI is InChI=1S/C17H19BrN2O/c1-11-10-16(8-9-17(11)20-13(3)21)19-12(2)14-4-6-15(18)7-5-14/h4-10,12,19H,1-3H3,(H,20,21). The van der Waals surface area contributed by atoms with Crippen molar-refractivity contribution in [3.63, 3.8) is 0 Å². The molecule has 1 amide bonds. The molecule has 2 aromatic carbocycles. The Kier molecular flexibility index (Phi) is 5.02. The number of aryl methyl sites for hydroxylation is 1. The van der Waals surface area contributed by atoms with Gasteiger partial charge in [-0.05, 0) is 55.3 Å². The monoisotopic (exact) mass is 346 g/mol. The normalized spacial score (nSPS) is 11.8. The summed E-state index contributed by atoms with van der Waals surface area (Å²) in [4.78, 5) is 11.1. The first-order valence-corrected chi connectivity index (χ1v) is 7.65. The molecule has 1 unspecified atom stereocenters. The van der Waals surface area contributed by atoms with Crippen LogP contribution in [0.4, 0.5) is 11.4 Å². The van der Waals surface area contributed by atoms with E-state index in [0.29, 0.717) is 0 Å². The summed E-state index contributed by atoms with van der Waals surface area (Å²) in [5.74, 6) is -0.0537. The molecule has 0 fully saturated rings. The van der Waals surface area contributed by atoms with E-state index in [1.807, 2.05) is 37.3 Å². The lowest BCUT2D eigenvalue weighted by Crippen LogP contribution is -2.09. The predicted octanol–water partition coefficient (Wildman–Crippen LogP) is 4.89. The first-order valence-electron chi connectivity index (χ1n) is 6.86. The molecule has 0 bridgehead atoms. The molecule has 0 aliphatic heterocycles. The lowest BCUT2D eigenvalue weighted by Gasteiger charge is -2.17. The van der Waals surface area contributed by atoms with Crippen LogP contribution < -0.4 is 10.6 Å². The molecule has 0 radical (unpaired) electrons. The lowest BCUT2D eigenvalue weighted by atomic mass is 10.1. The van der Waals surface area contributed by atoms with Crippen molar-refractivity contribution in [2.75, 3.05) is 10.6 Å². The summed E-state index contributed by atoms with van der Waals surface area (Å²) in [6.07, 6.45) is 0. The molecule has 0 aliphatic rings. The highest BCUT2D eigenvalue weighted by Gasteiger charge is 2.07. The number of nitrogens with one attached hydrogen (secondary N) is 2. The smallest absolute Gasteiger partial charge is 0.221 e. The second-order valence-electron chi connectivity index (χ2n) is 5.13. The van der Waals surface area contributed by atoms with Crippen LogP contribution in [0.5, 0.6) is 0 Å². The number of anilines is 2. The average molecular weight is 347 g/mol. The van der Waals surface area contributed by atoms with Crippen LogP contribution in [-0.4, -0.2) is 5.91 Å². The Balaban J connectivity index is 2.10. The van der Waals surface area contributed by atoms with E-state index in [1.165, 1.54) is 12.5 Å². The van der Waals surface area contributed by atoms with Crippen molar-refractivity contribution in [1.29, 1.82) is 0 Å². The summed E-state index contributed by atoms with van der Waals surface area (Å²) in [7, 11) is 0. The Bertz CT molecular complexity index is 638. The maximum Gasteiger partial charge on any atom is 0.221 e. The van der Waals surface area contributed by atoms with Crippen molar-refractivity contribution in [3.8, 4) is 0 Å². The molecule has 0 saturated carbocycles. The van der Waals surface area contributed by atoms with Crippen molar-refractivity contribution in [3.05, 3.63) is 58.1 Å². The summed E-state index contributed by atoms with van der Waals surface area (Å²) in [5.41, 5.74) is 4.15. The SMILES string of the molecule is CC(=O)Nc1ccc(NC(C)c2ccc(Br)cc2)cc1C. The third kappa shape index (κ3) is 4.33. The van der Waals surface area contributed by atoms with Gasteiger partial charge >= 0.3 is 0 Å². The number of carbonyl (C=O) groups is 1. The van der Waals surface area contributed by atoms with E-state index in [9.17, 15) is 4.79 Å². The molecule has 0 aliphatic carbocycles. The second kappa shape index (κ2) is 6.76. The van der Waals surface area contributed by atoms with Crippen LogP contribution in [0, 0.1) is 6.92 Å². The first kappa shape index (κ1) is 15.6. The molecule has 0 saturated heterocycles. The molecule has 2 aromatic rings. The van der Waals surface area contributed by atoms with Crippen molar-refractivity contribution < 1.29 is 4.79 Å². The molecule has 1 atom stereocenters. The molecule has 21 heavy (non-hydrogen) atoms. The van der Waals surface area contributed by atoms with Gasteiger partial charge in [0.05, 0.1) is 0 Å². The molecule has 4 heteroatoms. The fourth-order valence-corrected chi connectivity index (χ4v) is 2.43. The fourth-order valence-electron chi connectivity index (χ4n) is 2.17. The van der Waals surface area contributed by atoms with Crippen LogP contribution in [0.15, 0.2) is 46.9 Å². The highest BCUT2D eigenvalue weighted by Crippen LogP contribution is 2.24. The Morgan fingerprint density at radius 3 is 2.38 bits per heavy atom. The molecular weight excluding hydrogens is 328 g/mol. The van der Waals surface area contributed by atoms with E-state index in [2.05, 4.69) is 45.6 Å². The van der Waals surface area contributed by atoms with E-state index in [4.69, 9.17) is 0 Å². The largest absolute Gasteiger partial charge is 0.379 e. The van der Waals surface area contributed by atoms with Gasteiger partial charge in [0, 0.05) is 28.8 Å². The van der Waals surface area contributed by atoms with Gasteiger partial charge in [0.2, 0.25) is 5.91 Å². The second-order valence-corrected chi connectivity index (χ2v) is 6.04. The fraction of sp³-hybridized carbons (Fsp3) is 0.235. The van der Waals surface area contributed by atoms with Crippen LogP contribution in [0.2, 0.25) is 0 Å². The van der Waals surface area contributed by atoms with Crippen LogP contribution >= 0.6 is 15.9 Å². The first-order chi connectivity index (χ1) is 9.95. The highest BCUT2D eigenvalue weighted by molar-refractivity contribution is 9.10. The van der Waals surface area contributed by atoms with Gasteiger partial charge in [-0.3, -0.25) is 4.79 Å². The number of rotatable bonds is 4. The van der Waals surface area contributed by atoms with Crippen molar-refractivity contribution in [2.24, 2.45) is 0 Å². The molecule has 110 valence electrons. The number of halogens is 1. The van der Waals surface area contributed by atoms with Gasteiger partial charge in [-0.25, -0.2) is 0 Å². The molecular formula is C17H19BrN2O. The van der Waals surface area contributed by atoms with Gasteiger partial charge in [-0.1, -0.05) is 28.1 Å². The van der Waals surface area contributed by atoms with E-state index in [-0.39, 0.29) is 11.9 Å². The molecule has 0 heterocycles. The Morgan fingerprint density at radius 2 is 1.81 bits per heavy atom. The zero-order valence-corrected chi connectivity index (χ0v) is 14.0. The van der Waals surface area contributed by atoms with E-state index < -0.39 is 0 Å². The molecule has 0 spiro atoms. The third-order valence-corrected chi connectivity index (χ3v) is 3.82. The third-order valence-electron chi connectivity index (χ3n) is 3.29. The Hall–Kier alpha value is -1.81. The van der Waals surface area contributed by atoms with Gasteiger partial charge in [0.25, 0.3) is 0 Å². The summed E-state index contributed by atoms with van der Waals surface area (Å²) >= 11 is 3.44. The van der Waals surface area contributed by atoms with E-state index in [0.717, 1.165) is 21.4 Å². The van der Waals surface area contributed by atoms with Crippen molar-refractivity contribution >= 4 is 33.2 Å². The van der Waals surface area contributed by atoms with Gasteiger partial charge in [0.1, 0.15) is 0 Å². The van der Waals surface area contributed by atoms with E-state index in [1.54, 1.807) is 0 Å². The number of hydrogen-bond acceptors (Lipinski definition) is 2. The van der Waals surface area contributed by atoms with Crippen molar-refractivity contribution in [2.45, 2.75) is 26.8 Å². The predicted molar refractivity (Wildman–Crippen MR) is 91.7 cm³/mol. The van der Waals surface area contributed by atoms with Gasteiger partial charge in [0.15, 0.2) is 0 Å². The van der Waals surface area contributed by atoms with Crippen LogP contribution in [0.3, 0.4) is 0 Å². The minimum atomic E-state index is -0.0537. The topological polar surface area (TPSA) is 41.1 Å². The lowest BCUT2D eigenvalue weighted by molar-refractivity contribution is -0.114. The maximum atomic E-state index is 11.1. The number of hydrogen-bond donors (Lipinski definition) is 2. The highest BCUT2D eigenvalue weighted by atomic mass is 79.9. The quantitative estimate of drug-likeness (QED) is 0.827. The Labute approximate surface area is 133 Å². The van der Waals surface area contributed by atoms with Gasteiger partial charge < -0.3 is 10.6 Å². The van der Waals surface area contributed by atoms with Gasteiger partial charge in [-0.2, -0.15) is 0 Å². The van der Waals surface area contributed by atoms with Crippen LogP contribution in [-0.2, 0) is 4.79 Å². The zero-order chi connectivity index (χ0) is 15.4. The maximum absolute atomic E-state index is 11.1. The summed E-state index contributed by atoms with van der Waals surface area (Å²) in [5, 5.41) is 6.29. The van der Waals surface area contributed by atoms with Crippen molar-refractivity contribution in [1.82, 2.24) is 0 Å². The number of carbonyl (C=O) groups excluding carboxylic acids is 1. The summed E-state index contributed by atoms with van der Waals surface area (Å²) in [6, 6.07) is 14.4. The molecule has 2 rings (SSSR count). The zero-order valence-electron chi connectivity index (χ0n) is 12.4. The van der Waals surface area contributed by atoms with E-state index >= 15 is 0 Å². The molecule has 2 N–H and O–H groups in total. The summed E-state index contributed by atoms with van der Waals surface area (Å²) in [6.45, 7) is 5.63. The molecule has 0 aromatic heterocycles. The average Bonchev–Trinajstić information content (AvgIpc) is 2.42. The summed E-state index contributed by atoms with van der Waals surface area (Å²) < 4.78 is 1.08. The van der Waals surface area contributed by atoms with Crippen LogP contribution in [0.1, 0.15) is 31.0 Å². The van der Waals surface area contributed by atoms with Gasteiger partial charge in [-0.15, -0.1) is 0 Å². The Morgan fingerprint density at radius 1 is 1.14 bits per heavy atom. The minimum Gasteiger partial charge on any atom is -0.379 e. The number of amides is 1. The van der Waals surface area contributed by atoms with Crippen LogP contribution in [0.25, 0.3) is 0 Å². The molecule has 3 nitrogen and oxygen atoms in total. The number of benzene rings is 2.